The molecule has 1 aromatic carbocycles. The molecular weight excluding hydrogens is 380 g/mol. The highest BCUT2D eigenvalue weighted by Crippen LogP contribution is 2.31. The van der Waals surface area contributed by atoms with Crippen LogP contribution < -0.4 is 10.1 Å². The molecule has 1 fully saturated rings. The van der Waals surface area contributed by atoms with Crippen molar-refractivity contribution in [2.75, 3.05) is 27.2 Å². The Morgan fingerprint density at radius 1 is 1.23 bits per heavy atom. The van der Waals surface area contributed by atoms with Crippen molar-refractivity contribution in [1.82, 2.24) is 30.0 Å². The molecule has 0 atom stereocenters. The topological polar surface area (TPSA) is 88.1 Å². The second kappa shape index (κ2) is 8.71. The molecule has 1 aliphatic rings. The number of aryl methyl sites for hydroxylation is 1. The van der Waals surface area contributed by atoms with Crippen molar-refractivity contribution in [2.45, 2.75) is 25.3 Å². The van der Waals surface area contributed by atoms with Crippen LogP contribution in [0.5, 0.6) is 5.75 Å². The number of amides is 1. The van der Waals surface area contributed by atoms with Crippen LogP contribution in [0.4, 0.5) is 0 Å². The first-order valence-electron chi connectivity index (χ1n) is 10.2. The molecule has 8 nitrogen and oxygen atoms in total. The molecule has 30 heavy (non-hydrogen) atoms. The third-order valence-electron chi connectivity index (χ3n) is 5.82. The number of benzene rings is 1. The number of hydrogen-bond donors (Lipinski definition) is 2. The van der Waals surface area contributed by atoms with Crippen LogP contribution in [0, 0.1) is 0 Å². The van der Waals surface area contributed by atoms with Crippen LogP contribution in [0.15, 0.2) is 36.5 Å². The molecule has 0 aliphatic carbocycles. The maximum atomic E-state index is 12.5. The van der Waals surface area contributed by atoms with Crippen molar-refractivity contribution in [1.29, 1.82) is 0 Å². The van der Waals surface area contributed by atoms with Crippen LogP contribution in [0.3, 0.4) is 0 Å². The molecule has 1 amide bonds. The summed E-state index contributed by atoms with van der Waals surface area (Å²) in [6.45, 7) is 2.88. The molecule has 8 heteroatoms. The van der Waals surface area contributed by atoms with Gasteiger partial charge in [-0.25, -0.2) is 4.98 Å². The van der Waals surface area contributed by atoms with E-state index < -0.39 is 0 Å². The second-order valence-electron chi connectivity index (χ2n) is 7.65. The first-order valence-corrected chi connectivity index (χ1v) is 10.2. The number of H-pyrrole nitrogens is 1. The molecule has 0 spiro atoms. The zero-order chi connectivity index (χ0) is 21.1. The SMILES string of the molecule is CNC(=O)c1[nH]c(C2CCN(Cc3ccnn3C)CC2)nc1-c1ccc(OC)cc1. The standard InChI is InChI=1S/C22H28N6O2/c1-23-22(29)20-19(15-4-6-18(30-3)7-5-15)25-21(26-20)16-9-12-28(13-10-16)14-17-8-11-24-27(17)2/h4-8,11,16H,9-10,12-14H2,1-3H3,(H,23,29)(H,25,26). The lowest BCUT2D eigenvalue weighted by Gasteiger charge is -2.30. The van der Waals surface area contributed by atoms with Gasteiger partial charge in [0.15, 0.2) is 0 Å². The number of carbonyl (C=O) groups is 1. The lowest BCUT2D eigenvalue weighted by atomic mass is 9.96. The molecule has 0 bridgehead atoms. The van der Waals surface area contributed by atoms with Crippen LogP contribution >= 0.6 is 0 Å². The molecule has 3 heterocycles. The Labute approximate surface area is 176 Å². The summed E-state index contributed by atoms with van der Waals surface area (Å²) < 4.78 is 7.17. The summed E-state index contributed by atoms with van der Waals surface area (Å²) in [5, 5.41) is 6.97. The van der Waals surface area contributed by atoms with Crippen LogP contribution in [-0.2, 0) is 13.6 Å². The van der Waals surface area contributed by atoms with E-state index in [9.17, 15) is 4.79 Å². The largest absolute Gasteiger partial charge is 0.497 e. The molecule has 1 saturated heterocycles. The quantitative estimate of drug-likeness (QED) is 0.655. The summed E-state index contributed by atoms with van der Waals surface area (Å²) in [6, 6.07) is 9.70. The fourth-order valence-electron chi connectivity index (χ4n) is 3.98. The van der Waals surface area contributed by atoms with Crippen molar-refractivity contribution in [3.05, 3.63) is 53.7 Å². The van der Waals surface area contributed by atoms with Gasteiger partial charge in [0.1, 0.15) is 23.0 Å². The van der Waals surface area contributed by atoms with Gasteiger partial charge in [-0.1, -0.05) is 0 Å². The highest BCUT2D eigenvalue weighted by molar-refractivity contribution is 5.98. The van der Waals surface area contributed by atoms with Crippen LogP contribution in [0.1, 0.15) is 40.8 Å². The maximum absolute atomic E-state index is 12.5. The Morgan fingerprint density at radius 2 is 1.97 bits per heavy atom. The third-order valence-corrected chi connectivity index (χ3v) is 5.82. The number of ether oxygens (including phenoxy) is 1. The number of aromatic nitrogens is 4. The minimum atomic E-state index is -0.159. The van der Waals surface area contributed by atoms with Crippen LogP contribution in [-0.4, -0.2) is 57.8 Å². The second-order valence-corrected chi connectivity index (χ2v) is 7.65. The van der Waals surface area contributed by atoms with Crippen LogP contribution in [0.2, 0.25) is 0 Å². The van der Waals surface area contributed by atoms with E-state index in [4.69, 9.17) is 9.72 Å². The van der Waals surface area contributed by atoms with Gasteiger partial charge in [0.05, 0.1) is 12.8 Å². The Morgan fingerprint density at radius 3 is 2.57 bits per heavy atom. The molecule has 1 aliphatic heterocycles. The molecule has 0 unspecified atom stereocenters. The zero-order valence-corrected chi connectivity index (χ0v) is 17.7. The number of hydrogen-bond acceptors (Lipinski definition) is 5. The van der Waals surface area contributed by atoms with E-state index in [0.29, 0.717) is 17.3 Å². The van der Waals surface area contributed by atoms with E-state index in [1.165, 1.54) is 5.69 Å². The van der Waals surface area contributed by atoms with E-state index in [-0.39, 0.29) is 5.91 Å². The fraction of sp³-hybridized carbons (Fsp3) is 0.409. The Bertz CT molecular complexity index is 999. The van der Waals surface area contributed by atoms with E-state index in [1.807, 2.05) is 42.2 Å². The van der Waals surface area contributed by atoms with Gasteiger partial charge in [-0.15, -0.1) is 0 Å². The number of nitrogens with one attached hydrogen (secondary N) is 2. The van der Waals surface area contributed by atoms with Crippen molar-refractivity contribution in [3.63, 3.8) is 0 Å². The van der Waals surface area contributed by atoms with Gasteiger partial charge in [-0.3, -0.25) is 14.4 Å². The monoisotopic (exact) mass is 408 g/mol. The van der Waals surface area contributed by atoms with E-state index in [1.54, 1.807) is 14.2 Å². The predicted molar refractivity (Wildman–Crippen MR) is 114 cm³/mol. The van der Waals surface area contributed by atoms with Gasteiger partial charge in [0.25, 0.3) is 5.91 Å². The van der Waals surface area contributed by atoms with E-state index in [2.05, 4.69) is 26.4 Å². The van der Waals surface area contributed by atoms with Crippen LogP contribution in [0.25, 0.3) is 11.3 Å². The summed E-state index contributed by atoms with van der Waals surface area (Å²) in [7, 11) is 5.25. The molecule has 2 aromatic heterocycles. The van der Waals surface area contributed by atoms with Gasteiger partial charge in [-0.2, -0.15) is 5.10 Å². The predicted octanol–water partition coefficient (Wildman–Crippen LogP) is 2.56. The molecule has 4 rings (SSSR count). The lowest BCUT2D eigenvalue weighted by Crippen LogP contribution is -2.33. The average Bonchev–Trinajstić information content (AvgIpc) is 3.40. The highest BCUT2D eigenvalue weighted by atomic mass is 16.5. The normalized spacial score (nSPS) is 15.3. The lowest BCUT2D eigenvalue weighted by molar-refractivity contribution is 0.0959. The van der Waals surface area contributed by atoms with E-state index in [0.717, 1.165) is 49.6 Å². The van der Waals surface area contributed by atoms with Gasteiger partial charge in [0, 0.05) is 38.3 Å². The molecule has 3 aromatic rings. The minimum absolute atomic E-state index is 0.159. The van der Waals surface area contributed by atoms with Gasteiger partial charge in [-0.05, 0) is 56.3 Å². The van der Waals surface area contributed by atoms with Gasteiger partial charge in [0.2, 0.25) is 0 Å². The number of rotatable bonds is 6. The number of piperidine rings is 1. The summed E-state index contributed by atoms with van der Waals surface area (Å²) in [6.07, 6.45) is 3.84. The fourth-order valence-corrected chi connectivity index (χ4v) is 3.98. The van der Waals surface area contributed by atoms with Gasteiger partial charge >= 0.3 is 0 Å². The molecule has 158 valence electrons. The Balaban J connectivity index is 1.51. The molecule has 0 saturated carbocycles. The minimum Gasteiger partial charge on any atom is -0.497 e. The number of carbonyl (C=O) groups excluding carboxylic acids is 1. The number of imidazole rings is 1. The van der Waals surface area contributed by atoms with Crippen molar-refractivity contribution in [2.24, 2.45) is 7.05 Å². The smallest absolute Gasteiger partial charge is 0.269 e. The van der Waals surface area contributed by atoms with Crippen molar-refractivity contribution >= 4 is 5.91 Å². The number of likely N-dealkylation sites (tertiary alicyclic amines) is 1. The Kier molecular flexibility index (Phi) is 5.85. The molecule has 2 N–H and O–H groups in total. The number of methoxy groups -OCH3 is 1. The van der Waals surface area contributed by atoms with Gasteiger partial charge < -0.3 is 15.0 Å². The maximum Gasteiger partial charge on any atom is 0.269 e. The summed E-state index contributed by atoms with van der Waals surface area (Å²) in [5.74, 6) is 1.81. The van der Waals surface area contributed by atoms with Crippen molar-refractivity contribution in [3.8, 4) is 17.0 Å². The molecule has 0 radical (unpaired) electrons. The average molecular weight is 409 g/mol. The van der Waals surface area contributed by atoms with Crippen molar-refractivity contribution < 1.29 is 9.53 Å². The zero-order valence-electron chi connectivity index (χ0n) is 17.7. The van der Waals surface area contributed by atoms with E-state index >= 15 is 0 Å². The summed E-state index contributed by atoms with van der Waals surface area (Å²) in [4.78, 5) is 23.1. The third kappa shape index (κ3) is 4.09. The first-order chi connectivity index (χ1) is 14.6. The first kappa shape index (κ1) is 20.2. The summed E-state index contributed by atoms with van der Waals surface area (Å²) in [5.41, 5.74) is 3.31. The number of nitrogens with zero attached hydrogens (tertiary/aromatic N) is 4. The Hall–Kier alpha value is -3.13. The summed E-state index contributed by atoms with van der Waals surface area (Å²) >= 11 is 0. The number of aromatic amines is 1. The highest BCUT2D eigenvalue weighted by Gasteiger charge is 2.26. The molecular formula is C22H28N6O2.